The Labute approximate surface area is 130 Å². The normalized spacial score (nSPS) is 10.8. The van der Waals surface area contributed by atoms with Gasteiger partial charge in [-0.05, 0) is 49.8 Å². The number of hydrogen-bond donors (Lipinski definition) is 0. The van der Waals surface area contributed by atoms with Gasteiger partial charge in [0.15, 0.2) is 0 Å². The molecule has 0 radical (unpaired) electrons. The Kier molecular flexibility index (Phi) is 5.16. The first-order valence-corrected chi connectivity index (χ1v) is 7.11. The molecule has 1 aromatic heterocycles. The van der Waals surface area contributed by atoms with Crippen LogP contribution in [-0.2, 0) is 11.3 Å². The molecule has 0 aliphatic carbocycles. The van der Waals surface area contributed by atoms with Crippen LogP contribution in [0.25, 0.3) is 6.08 Å². The molecule has 0 spiro atoms. The van der Waals surface area contributed by atoms with Crippen molar-refractivity contribution < 1.29 is 9.21 Å². The minimum Gasteiger partial charge on any atom is -0.465 e. The second-order valence-electron chi connectivity index (χ2n) is 5.22. The molecule has 1 amide bonds. The van der Waals surface area contributed by atoms with Crippen LogP contribution >= 0.6 is 0 Å². The molecular weight excluding hydrogens is 276 g/mol. The Bertz CT molecular complexity index is 677. The Morgan fingerprint density at radius 2 is 2.05 bits per heavy atom. The first kappa shape index (κ1) is 15.6. The number of carbonyl (C=O) groups excluding carboxylic acids is 1. The lowest BCUT2D eigenvalue weighted by molar-refractivity contribution is -0.128. The number of benzene rings is 1. The largest absolute Gasteiger partial charge is 0.465 e. The van der Waals surface area contributed by atoms with Crippen molar-refractivity contribution in [2.45, 2.75) is 26.4 Å². The van der Waals surface area contributed by atoms with E-state index in [2.05, 4.69) is 6.07 Å². The van der Waals surface area contributed by atoms with Crippen molar-refractivity contribution in [3.8, 4) is 6.07 Å². The Morgan fingerprint density at radius 1 is 1.32 bits per heavy atom. The Hall–Kier alpha value is -2.80. The van der Waals surface area contributed by atoms with E-state index in [4.69, 9.17) is 9.68 Å². The first-order valence-electron chi connectivity index (χ1n) is 7.11. The van der Waals surface area contributed by atoms with Gasteiger partial charge >= 0.3 is 0 Å². The van der Waals surface area contributed by atoms with Gasteiger partial charge in [0.25, 0.3) is 0 Å². The van der Waals surface area contributed by atoms with Crippen LogP contribution in [-0.4, -0.2) is 16.8 Å². The molecule has 4 heteroatoms. The summed E-state index contributed by atoms with van der Waals surface area (Å²) in [4.78, 5) is 14.1. The second kappa shape index (κ2) is 7.28. The summed E-state index contributed by atoms with van der Waals surface area (Å²) in [6.07, 6.45) is 4.75. The van der Waals surface area contributed by atoms with Gasteiger partial charge in [0.05, 0.1) is 17.9 Å². The predicted molar refractivity (Wildman–Crippen MR) is 84.6 cm³/mol. The highest BCUT2D eigenvalue weighted by atomic mass is 16.3. The lowest BCUT2D eigenvalue weighted by atomic mass is 10.1. The standard InChI is InChI=1S/C18H18N2O2/c1-14(2)20(13-16-7-5-15(12-19)6-8-16)18(21)10-9-17-4-3-11-22-17/h3-11,14H,13H2,1-2H3/b10-9+. The molecule has 112 valence electrons. The van der Waals surface area contributed by atoms with Gasteiger partial charge in [-0.15, -0.1) is 0 Å². The topological polar surface area (TPSA) is 57.2 Å². The summed E-state index contributed by atoms with van der Waals surface area (Å²) in [5.74, 6) is 0.575. The average Bonchev–Trinajstić information content (AvgIpc) is 3.04. The van der Waals surface area contributed by atoms with Crippen molar-refractivity contribution in [2.75, 3.05) is 0 Å². The van der Waals surface area contributed by atoms with E-state index in [1.807, 2.05) is 26.0 Å². The molecule has 1 aromatic carbocycles. The van der Waals surface area contributed by atoms with Gasteiger partial charge in [-0.2, -0.15) is 5.26 Å². The summed E-state index contributed by atoms with van der Waals surface area (Å²) in [5, 5.41) is 8.81. The molecule has 0 saturated carbocycles. The summed E-state index contributed by atoms with van der Waals surface area (Å²) in [6, 6.07) is 13.0. The van der Waals surface area contributed by atoms with Crippen molar-refractivity contribution in [1.82, 2.24) is 4.90 Å². The summed E-state index contributed by atoms with van der Waals surface area (Å²) in [7, 11) is 0. The third-order valence-electron chi connectivity index (χ3n) is 3.28. The van der Waals surface area contributed by atoms with Crippen LogP contribution in [0.4, 0.5) is 0 Å². The Balaban J connectivity index is 2.08. The molecule has 0 bridgehead atoms. The molecule has 0 aliphatic rings. The number of hydrogen-bond acceptors (Lipinski definition) is 3. The van der Waals surface area contributed by atoms with Crippen LogP contribution in [0.2, 0.25) is 0 Å². The van der Waals surface area contributed by atoms with Crippen LogP contribution < -0.4 is 0 Å². The molecule has 0 atom stereocenters. The maximum Gasteiger partial charge on any atom is 0.247 e. The molecule has 0 fully saturated rings. The van der Waals surface area contributed by atoms with Gasteiger partial charge in [0.2, 0.25) is 5.91 Å². The highest BCUT2D eigenvalue weighted by Crippen LogP contribution is 2.11. The molecule has 22 heavy (non-hydrogen) atoms. The van der Waals surface area contributed by atoms with E-state index in [0.717, 1.165) is 5.56 Å². The molecule has 4 nitrogen and oxygen atoms in total. The molecule has 0 aliphatic heterocycles. The molecule has 2 rings (SSSR count). The highest BCUT2D eigenvalue weighted by Gasteiger charge is 2.15. The van der Waals surface area contributed by atoms with Gasteiger partial charge in [-0.1, -0.05) is 12.1 Å². The zero-order valence-electron chi connectivity index (χ0n) is 12.7. The molecule has 2 aromatic rings. The van der Waals surface area contributed by atoms with E-state index in [-0.39, 0.29) is 11.9 Å². The summed E-state index contributed by atoms with van der Waals surface area (Å²) in [6.45, 7) is 4.45. The number of carbonyl (C=O) groups is 1. The van der Waals surface area contributed by atoms with Gasteiger partial charge in [0, 0.05) is 18.7 Å². The Morgan fingerprint density at radius 3 is 2.59 bits per heavy atom. The first-order chi connectivity index (χ1) is 10.6. The van der Waals surface area contributed by atoms with Crippen molar-refractivity contribution in [3.63, 3.8) is 0 Å². The number of furan rings is 1. The number of nitrogens with zero attached hydrogens (tertiary/aromatic N) is 2. The van der Waals surface area contributed by atoms with E-state index in [9.17, 15) is 4.79 Å². The molecule has 0 N–H and O–H groups in total. The third kappa shape index (κ3) is 4.10. The van der Waals surface area contributed by atoms with Crippen LogP contribution in [0.15, 0.2) is 53.2 Å². The maximum absolute atomic E-state index is 12.4. The lowest BCUT2D eigenvalue weighted by Gasteiger charge is -2.25. The van der Waals surface area contributed by atoms with Gasteiger partial charge in [0.1, 0.15) is 5.76 Å². The molecule has 1 heterocycles. The average molecular weight is 294 g/mol. The second-order valence-corrected chi connectivity index (χ2v) is 5.22. The van der Waals surface area contributed by atoms with Gasteiger partial charge < -0.3 is 9.32 Å². The molecule has 0 saturated heterocycles. The van der Waals surface area contributed by atoms with Gasteiger partial charge in [-0.3, -0.25) is 4.79 Å². The fourth-order valence-corrected chi connectivity index (χ4v) is 2.03. The predicted octanol–water partition coefficient (Wildman–Crippen LogP) is 3.60. The fraction of sp³-hybridized carbons (Fsp3) is 0.222. The zero-order valence-corrected chi connectivity index (χ0v) is 12.7. The summed E-state index contributed by atoms with van der Waals surface area (Å²) >= 11 is 0. The van der Waals surface area contributed by atoms with Crippen LogP contribution in [0.5, 0.6) is 0 Å². The SMILES string of the molecule is CC(C)N(Cc1ccc(C#N)cc1)C(=O)/C=C/c1ccco1. The van der Waals surface area contributed by atoms with Crippen molar-refractivity contribution in [3.05, 3.63) is 65.6 Å². The van der Waals surface area contributed by atoms with Crippen molar-refractivity contribution in [2.24, 2.45) is 0 Å². The number of rotatable bonds is 5. The van der Waals surface area contributed by atoms with E-state index < -0.39 is 0 Å². The van der Waals surface area contributed by atoms with Crippen molar-refractivity contribution in [1.29, 1.82) is 5.26 Å². The smallest absolute Gasteiger partial charge is 0.247 e. The zero-order chi connectivity index (χ0) is 15.9. The molecular formula is C18H18N2O2. The quantitative estimate of drug-likeness (QED) is 0.792. The minimum absolute atomic E-state index is 0.0734. The summed E-state index contributed by atoms with van der Waals surface area (Å²) < 4.78 is 5.18. The van der Waals surface area contributed by atoms with Gasteiger partial charge in [-0.25, -0.2) is 0 Å². The number of nitriles is 1. The summed E-state index contributed by atoms with van der Waals surface area (Å²) in [5.41, 5.74) is 1.61. The van der Waals surface area contributed by atoms with E-state index in [1.54, 1.807) is 41.5 Å². The lowest BCUT2D eigenvalue weighted by Crippen LogP contribution is -2.35. The minimum atomic E-state index is -0.0734. The highest BCUT2D eigenvalue weighted by molar-refractivity contribution is 5.91. The van der Waals surface area contributed by atoms with Crippen molar-refractivity contribution >= 4 is 12.0 Å². The number of amides is 1. The third-order valence-corrected chi connectivity index (χ3v) is 3.28. The van der Waals surface area contributed by atoms with E-state index in [1.165, 1.54) is 6.08 Å². The molecule has 0 unspecified atom stereocenters. The maximum atomic E-state index is 12.4. The monoisotopic (exact) mass is 294 g/mol. The van der Waals surface area contributed by atoms with Crippen LogP contribution in [0, 0.1) is 11.3 Å². The van der Waals surface area contributed by atoms with Crippen LogP contribution in [0.3, 0.4) is 0 Å². The van der Waals surface area contributed by atoms with Crippen LogP contribution in [0.1, 0.15) is 30.7 Å². The van der Waals surface area contributed by atoms with E-state index >= 15 is 0 Å². The fourth-order valence-electron chi connectivity index (χ4n) is 2.03. The van der Waals surface area contributed by atoms with E-state index in [0.29, 0.717) is 17.9 Å².